The summed E-state index contributed by atoms with van der Waals surface area (Å²) >= 11 is 0. The van der Waals surface area contributed by atoms with Gasteiger partial charge in [-0.1, -0.05) is 60.4 Å². The predicted octanol–water partition coefficient (Wildman–Crippen LogP) is 1.35. The molecule has 1 saturated heterocycles. The SMILES string of the molecule is O=C(COCCOCCOCCOCCOCCOCCOCCOCCOCCOCCOCCOCCOCCCC(=O)OCC1c2ccccc2-c2ccccc21)NCC#Cc1cn(C2CC(O)C(COP(=O)(O)OP(=O)(O)OP(=O)(O)O)O2)c(=O)[nH]c1=O. The number of ether oxygens (including phenoxy) is 15. The molecule has 5 unspecified atom stereocenters. The summed E-state index contributed by atoms with van der Waals surface area (Å²) in [7, 11) is -16.9. The number of nitrogens with zero attached hydrogens (tertiary/aromatic N) is 1. The molecule has 1 fully saturated rings. The molecule has 2 aliphatic rings. The first-order chi connectivity index (χ1) is 44.4. The van der Waals surface area contributed by atoms with Crippen molar-refractivity contribution in [2.45, 2.75) is 43.6 Å². The molecular formula is C56H84N3O30P3. The minimum Gasteiger partial charge on any atom is -0.465 e. The van der Waals surface area contributed by atoms with E-state index in [1.54, 1.807) is 0 Å². The number of esters is 1. The number of carbonyl (C=O) groups excluding carboxylic acids is 2. The number of carbonyl (C=O) groups is 2. The average molecular weight is 1370 g/mol. The Morgan fingerprint density at radius 3 is 1.45 bits per heavy atom. The summed E-state index contributed by atoms with van der Waals surface area (Å²) in [6, 6.07) is 16.5. The van der Waals surface area contributed by atoms with Gasteiger partial charge >= 0.3 is 35.1 Å². The lowest BCUT2D eigenvalue weighted by molar-refractivity contribution is -0.144. The van der Waals surface area contributed by atoms with Gasteiger partial charge in [-0.2, -0.15) is 8.62 Å². The van der Waals surface area contributed by atoms with Gasteiger partial charge in [-0.15, -0.1) is 0 Å². The van der Waals surface area contributed by atoms with Gasteiger partial charge in [0.1, 0.15) is 31.1 Å². The average Bonchev–Trinajstić information content (AvgIpc) is 1.62. The number of H-pyrrole nitrogens is 1. The van der Waals surface area contributed by atoms with Gasteiger partial charge in [-0.05, 0) is 28.7 Å². The Hall–Kier alpha value is -4.57. The van der Waals surface area contributed by atoms with Gasteiger partial charge in [0.15, 0.2) is 0 Å². The second kappa shape index (κ2) is 45.0. The van der Waals surface area contributed by atoms with Crippen LogP contribution >= 0.6 is 23.5 Å². The molecule has 3 aromatic rings. The smallest absolute Gasteiger partial charge is 0.465 e. The lowest BCUT2D eigenvalue weighted by atomic mass is 9.98. The van der Waals surface area contributed by atoms with Crippen LogP contribution in [0.2, 0.25) is 0 Å². The van der Waals surface area contributed by atoms with Crippen molar-refractivity contribution in [2.75, 3.05) is 192 Å². The number of hydrogen-bond donors (Lipinski definition) is 7. The summed E-state index contributed by atoms with van der Waals surface area (Å²) in [4.78, 5) is 87.7. The molecule has 1 amide bonds. The van der Waals surface area contributed by atoms with Gasteiger partial charge in [0.25, 0.3) is 5.56 Å². The molecule has 0 radical (unpaired) electrons. The van der Waals surface area contributed by atoms with E-state index in [2.05, 4.69) is 54.6 Å². The van der Waals surface area contributed by atoms with Gasteiger partial charge in [0.05, 0.1) is 178 Å². The minimum atomic E-state index is -5.79. The Labute approximate surface area is 531 Å². The van der Waals surface area contributed by atoms with Gasteiger partial charge < -0.3 is 101 Å². The monoisotopic (exact) mass is 1370 g/mol. The number of aliphatic hydroxyl groups is 1. The zero-order chi connectivity index (χ0) is 66.1. The molecule has 5 rings (SSSR count). The van der Waals surface area contributed by atoms with E-state index < -0.39 is 65.7 Å². The third-order valence-corrected chi connectivity index (χ3v) is 16.4. The van der Waals surface area contributed by atoms with Crippen LogP contribution in [0.4, 0.5) is 0 Å². The third-order valence-electron chi connectivity index (χ3n) is 12.6. The molecule has 1 aromatic heterocycles. The minimum absolute atomic E-state index is 0.0528. The molecule has 5 atom stereocenters. The first-order valence-corrected chi connectivity index (χ1v) is 34.0. The Morgan fingerprint density at radius 2 is 1.00 bits per heavy atom. The number of benzene rings is 2. The van der Waals surface area contributed by atoms with Gasteiger partial charge in [0.2, 0.25) is 5.91 Å². The molecule has 92 heavy (non-hydrogen) atoms. The van der Waals surface area contributed by atoms with Crippen molar-refractivity contribution in [2.24, 2.45) is 0 Å². The number of hydrogen-bond acceptors (Lipinski definition) is 26. The molecule has 33 nitrogen and oxygen atoms in total. The zero-order valence-corrected chi connectivity index (χ0v) is 53.5. The van der Waals surface area contributed by atoms with Gasteiger partial charge in [0, 0.05) is 31.6 Å². The zero-order valence-electron chi connectivity index (χ0n) is 50.9. The quantitative estimate of drug-likeness (QED) is 0.0181. The topological polar surface area (TPSA) is 420 Å². The van der Waals surface area contributed by atoms with Crippen LogP contribution in [-0.2, 0) is 107 Å². The highest BCUT2D eigenvalue weighted by Gasteiger charge is 2.43. The second-order valence-corrected chi connectivity index (χ2v) is 23.9. The molecule has 36 heteroatoms. The number of fused-ring (bicyclic) bond motifs is 3. The van der Waals surface area contributed by atoms with Crippen molar-refractivity contribution in [1.29, 1.82) is 0 Å². The first kappa shape index (κ1) is 78.1. The number of aliphatic hydroxyl groups excluding tert-OH is 1. The Kier molecular flexibility index (Phi) is 38.2. The van der Waals surface area contributed by atoms with E-state index in [9.17, 15) is 47.8 Å². The van der Waals surface area contributed by atoms with Crippen LogP contribution in [0, 0.1) is 11.8 Å². The summed E-state index contributed by atoms with van der Waals surface area (Å²) < 4.78 is 129. The molecule has 7 N–H and O–H groups in total. The summed E-state index contributed by atoms with van der Waals surface area (Å²) in [5.74, 6) is 4.35. The van der Waals surface area contributed by atoms with Gasteiger partial charge in [-0.3, -0.25) is 28.5 Å². The van der Waals surface area contributed by atoms with E-state index in [1.807, 2.05) is 29.2 Å². The molecule has 0 spiro atoms. The van der Waals surface area contributed by atoms with E-state index >= 15 is 0 Å². The summed E-state index contributed by atoms with van der Waals surface area (Å²) in [6.07, 6.45) is -2.61. The second-order valence-electron chi connectivity index (χ2n) is 19.5. The number of phosphoric acid groups is 3. The fraction of sp³-hybridized carbons (Fsp3) is 0.643. The number of amides is 1. The number of nitrogens with one attached hydrogen (secondary N) is 2. The van der Waals surface area contributed by atoms with Crippen molar-refractivity contribution in [3.8, 4) is 23.0 Å². The van der Waals surface area contributed by atoms with Crippen molar-refractivity contribution >= 4 is 35.3 Å². The van der Waals surface area contributed by atoms with Crippen LogP contribution in [0.15, 0.2) is 64.3 Å². The van der Waals surface area contributed by atoms with Crippen molar-refractivity contribution in [3.63, 3.8) is 0 Å². The Morgan fingerprint density at radius 1 is 0.576 bits per heavy atom. The van der Waals surface area contributed by atoms with Crippen molar-refractivity contribution in [3.05, 3.63) is 92.3 Å². The molecular weight excluding hydrogens is 1290 g/mol. The highest BCUT2D eigenvalue weighted by atomic mass is 31.3. The van der Waals surface area contributed by atoms with E-state index in [0.29, 0.717) is 165 Å². The standard InChI is InChI=1S/C56H84N3O30P3/c60-50-39-53(87-51(50)42-86-91(68,69)89-92(70,71)88-90(65,66)67)59-40-44(55(63)58-56(59)64)7-5-13-57-52(61)43-84-38-37-83-36-35-82-34-33-81-32-31-80-30-29-79-28-27-78-26-25-77-24-23-76-22-21-75-20-19-74-18-17-73-16-15-72-14-6-12-54(62)85-41-49-47-10-3-1-8-45(47)46-9-2-4-11-48(46)49/h1-4,8-11,40,49-51,53,60H,6,12-39,41-43H2,(H,57,61)(H,68,69)(H,70,71)(H,58,63,64)(H2,65,66,67). The normalized spacial score (nSPS) is 16.8. The summed E-state index contributed by atoms with van der Waals surface area (Å²) in [5.41, 5.74) is 2.70. The lowest BCUT2D eigenvalue weighted by Crippen LogP contribution is -2.34. The highest BCUT2D eigenvalue weighted by molar-refractivity contribution is 7.66. The third kappa shape index (κ3) is 33.2. The maximum Gasteiger partial charge on any atom is 0.490 e. The van der Waals surface area contributed by atoms with E-state index in [-0.39, 0.29) is 56.8 Å². The molecule has 0 bridgehead atoms. The van der Waals surface area contributed by atoms with Crippen LogP contribution in [0.1, 0.15) is 48.1 Å². The van der Waals surface area contributed by atoms with Crippen LogP contribution in [0.3, 0.4) is 0 Å². The highest BCUT2D eigenvalue weighted by Crippen LogP contribution is 2.66. The Bertz CT molecular complexity index is 2890. The number of aromatic amines is 1. The van der Waals surface area contributed by atoms with E-state index in [1.165, 1.54) is 22.3 Å². The van der Waals surface area contributed by atoms with Crippen LogP contribution in [0.25, 0.3) is 11.1 Å². The van der Waals surface area contributed by atoms with Crippen LogP contribution in [0.5, 0.6) is 0 Å². The lowest BCUT2D eigenvalue weighted by Gasteiger charge is -2.19. The molecule has 2 heterocycles. The van der Waals surface area contributed by atoms with Crippen LogP contribution in [-0.4, -0.2) is 250 Å². The Balaban J connectivity index is 0.688. The number of aromatic nitrogens is 2. The maximum absolute atomic E-state index is 12.5. The molecule has 518 valence electrons. The van der Waals surface area contributed by atoms with Crippen LogP contribution < -0.4 is 16.6 Å². The largest absolute Gasteiger partial charge is 0.490 e. The maximum atomic E-state index is 12.5. The molecule has 1 aliphatic carbocycles. The molecule has 1 aliphatic heterocycles. The van der Waals surface area contributed by atoms with Gasteiger partial charge in [-0.25, -0.2) is 18.5 Å². The number of rotatable bonds is 53. The molecule has 0 saturated carbocycles. The van der Waals surface area contributed by atoms with E-state index in [4.69, 9.17) is 80.8 Å². The fourth-order valence-electron chi connectivity index (χ4n) is 8.44. The number of phosphoric ester groups is 1. The summed E-state index contributed by atoms with van der Waals surface area (Å²) in [6.45, 7) is 8.68. The summed E-state index contributed by atoms with van der Waals surface area (Å²) in [5, 5.41) is 12.8. The first-order valence-electron chi connectivity index (χ1n) is 29.5. The fourth-order valence-corrected chi connectivity index (χ4v) is 11.5. The molecule has 2 aromatic carbocycles. The van der Waals surface area contributed by atoms with E-state index in [0.717, 1.165) is 10.8 Å². The predicted molar refractivity (Wildman–Crippen MR) is 320 cm³/mol. The van der Waals surface area contributed by atoms with Crippen molar-refractivity contribution < 1.29 is 132 Å². The van der Waals surface area contributed by atoms with Crippen molar-refractivity contribution in [1.82, 2.24) is 14.9 Å².